The maximum absolute atomic E-state index is 13.4. The molecule has 2 heterocycles. The number of hydrogen-bond donors (Lipinski definition) is 3. The molecule has 4 amide bonds. The average molecular weight is 547 g/mol. The normalized spacial score (nSPS) is 15.8. The number of benzene rings is 1. The van der Waals surface area contributed by atoms with Crippen LogP contribution in [0, 0.1) is 5.92 Å². The van der Waals surface area contributed by atoms with Crippen molar-refractivity contribution in [2.75, 3.05) is 32.8 Å². The van der Waals surface area contributed by atoms with Gasteiger partial charge in [0.15, 0.2) is 0 Å². The van der Waals surface area contributed by atoms with Crippen molar-refractivity contribution in [3.05, 3.63) is 35.2 Å². The predicted molar refractivity (Wildman–Crippen MR) is 146 cm³/mol. The molecule has 11 heteroatoms. The van der Waals surface area contributed by atoms with Gasteiger partial charge in [0.2, 0.25) is 11.8 Å². The summed E-state index contributed by atoms with van der Waals surface area (Å²) < 4.78 is 6.18. The van der Waals surface area contributed by atoms with Gasteiger partial charge in [-0.25, -0.2) is 4.79 Å². The maximum atomic E-state index is 13.4. The lowest BCUT2D eigenvalue weighted by atomic mass is 10.0. The van der Waals surface area contributed by atoms with Crippen LogP contribution in [-0.4, -0.2) is 89.2 Å². The number of thiophene rings is 1. The van der Waals surface area contributed by atoms with E-state index < -0.39 is 36.3 Å². The van der Waals surface area contributed by atoms with E-state index in [0.29, 0.717) is 11.3 Å². The Kier molecular flexibility index (Phi) is 9.72. The third-order valence-electron chi connectivity index (χ3n) is 6.03. The van der Waals surface area contributed by atoms with Crippen molar-refractivity contribution >= 4 is 45.2 Å². The highest BCUT2D eigenvalue weighted by Gasteiger charge is 2.33. The fourth-order valence-electron chi connectivity index (χ4n) is 4.24. The van der Waals surface area contributed by atoms with E-state index in [9.17, 15) is 24.3 Å². The SMILES string of the molecule is CC(C)C[C@@H](NC(=O)c1cc2ccccc2s1)C(=O)N1CCN(C(=O)[C@@H](CO)NC(=O)OC(C)(C)C)CC1. The van der Waals surface area contributed by atoms with Crippen molar-refractivity contribution in [3.8, 4) is 0 Å². The van der Waals surface area contributed by atoms with E-state index in [1.54, 1.807) is 25.7 Å². The van der Waals surface area contributed by atoms with Crippen LogP contribution in [0.15, 0.2) is 30.3 Å². The summed E-state index contributed by atoms with van der Waals surface area (Å²) in [7, 11) is 0. The summed E-state index contributed by atoms with van der Waals surface area (Å²) in [4.78, 5) is 55.1. The lowest BCUT2D eigenvalue weighted by Crippen LogP contribution is -2.59. The van der Waals surface area contributed by atoms with Gasteiger partial charge in [-0.05, 0) is 50.6 Å². The van der Waals surface area contributed by atoms with Crippen molar-refractivity contribution in [1.29, 1.82) is 0 Å². The Morgan fingerprint density at radius 1 is 0.974 bits per heavy atom. The number of nitrogens with zero attached hydrogens (tertiary/aromatic N) is 2. The van der Waals surface area contributed by atoms with E-state index in [1.807, 2.05) is 44.2 Å². The van der Waals surface area contributed by atoms with Crippen LogP contribution in [0.2, 0.25) is 0 Å². The largest absolute Gasteiger partial charge is 0.444 e. The molecule has 1 fully saturated rings. The molecule has 208 valence electrons. The molecule has 1 aromatic carbocycles. The molecule has 10 nitrogen and oxygen atoms in total. The van der Waals surface area contributed by atoms with Crippen molar-refractivity contribution < 1.29 is 29.0 Å². The molecule has 1 aliphatic heterocycles. The first-order chi connectivity index (χ1) is 17.9. The number of fused-ring (bicyclic) bond motifs is 1. The highest BCUT2D eigenvalue weighted by atomic mass is 32.1. The highest BCUT2D eigenvalue weighted by molar-refractivity contribution is 7.20. The van der Waals surface area contributed by atoms with Crippen LogP contribution >= 0.6 is 11.3 Å². The molecule has 2 aromatic rings. The number of carbonyl (C=O) groups excluding carboxylic acids is 4. The Morgan fingerprint density at radius 3 is 2.08 bits per heavy atom. The van der Waals surface area contributed by atoms with Gasteiger partial charge in [-0.3, -0.25) is 14.4 Å². The summed E-state index contributed by atoms with van der Waals surface area (Å²) in [6.07, 6.45) is -0.300. The van der Waals surface area contributed by atoms with Gasteiger partial charge in [0, 0.05) is 30.9 Å². The van der Waals surface area contributed by atoms with Crippen molar-refractivity contribution in [2.24, 2.45) is 5.92 Å². The third kappa shape index (κ3) is 7.91. The molecule has 0 radical (unpaired) electrons. The van der Waals surface area contributed by atoms with Crippen LogP contribution in [0.4, 0.5) is 4.79 Å². The van der Waals surface area contributed by atoms with Crippen LogP contribution in [-0.2, 0) is 14.3 Å². The fraction of sp³-hybridized carbons (Fsp3) is 0.556. The number of amides is 4. The van der Waals surface area contributed by atoms with E-state index >= 15 is 0 Å². The summed E-state index contributed by atoms with van der Waals surface area (Å²) in [6.45, 7) is 9.58. The zero-order chi connectivity index (χ0) is 28.0. The van der Waals surface area contributed by atoms with Crippen molar-refractivity contribution in [2.45, 2.75) is 58.7 Å². The van der Waals surface area contributed by atoms with Gasteiger partial charge in [-0.15, -0.1) is 11.3 Å². The van der Waals surface area contributed by atoms with E-state index in [2.05, 4.69) is 10.6 Å². The van der Waals surface area contributed by atoms with Gasteiger partial charge < -0.3 is 30.3 Å². The molecule has 1 aromatic heterocycles. The zero-order valence-corrected chi connectivity index (χ0v) is 23.5. The van der Waals surface area contributed by atoms with Crippen LogP contribution < -0.4 is 10.6 Å². The number of hydrogen-bond acceptors (Lipinski definition) is 7. The number of aliphatic hydroxyl groups is 1. The maximum Gasteiger partial charge on any atom is 0.408 e. The molecule has 0 spiro atoms. The van der Waals surface area contributed by atoms with Crippen LogP contribution in [0.1, 0.15) is 50.7 Å². The predicted octanol–water partition coefficient (Wildman–Crippen LogP) is 2.60. The Labute approximate surface area is 227 Å². The molecule has 3 N–H and O–H groups in total. The van der Waals surface area contributed by atoms with Gasteiger partial charge in [0.05, 0.1) is 11.5 Å². The number of aliphatic hydroxyl groups excluding tert-OH is 1. The van der Waals surface area contributed by atoms with E-state index in [1.165, 1.54) is 16.2 Å². The Hall–Kier alpha value is -3.18. The molecule has 0 saturated carbocycles. The van der Waals surface area contributed by atoms with Gasteiger partial charge >= 0.3 is 6.09 Å². The number of piperazine rings is 1. The molecule has 1 aliphatic rings. The molecular formula is C27H38N4O6S. The van der Waals surface area contributed by atoms with E-state index in [-0.39, 0.29) is 43.9 Å². The number of alkyl carbamates (subject to hydrolysis) is 1. The minimum atomic E-state index is -1.14. The number of nitrogens with one attached hydrogen (secondary N) is 2. The second-order valence-corrected chi connectivity index (χ2v) is 11.9. The van der Waals surface area contributed by atoms with Gasteiger partial charge in [0.1, 0.15) is 17.7 Å². The molecular weight excluding hydrogens is 508 g/mol. The van der Waals surface area contributed by atoms with Crippen LogP contribution in [0.3, 0.4) is 0 Å². The molecule has 1 saturated heterocycles. The molecule has 38 heavy (non-hydrogen) atoms. The molecule has 0 bridgehead atoms. The Morgan fingerprint density at radius 2 is 1.55 bits per heavy atom. The molecule has 0 aliphatic carbocycles. The second kappa shape index (κ2) is 12.6. The van der Waals surface area contributed by atoms with Gasteiger partial charge in [-0.2, -0.15) is 0 Å². The Balaban J connectivity index is 1.60. The summed E-state index contributed by atoms with van der Waals surface area (Å²) >= 11 is 1.39. The lowest BCUT2D eigenvalue weighted by Gasteiger charge is -2.38. The molecule has 3 rings (SSSR count). The van der Waals surface area contributed by atoms with E-state index in [0.717, 1.165) is 10.1 Å². The monoisotopic (exact) mass is 546 g/mol. The third-order valence-corrected chi connectivity index (χ3v) is 7.15. The summed E-state index contributed by atoms with van der Waals surface area (Å²) in [5.74, 6) is -0.732. The minimum absolute atomic E-state index is 0.179. The topological polar surface area (TPSA) is 128 Å². The average Bonchev–Trinajstić information content (AvgIpc) is 3.29. The smallest absolute Gasteiger partial charge is 0.408 e. The van der Waals surface area contributed by atoms with Crippen LogP contribution in [0.25, 0.3) is 10.1 Å². The fourth-order valence-corrected chi connectivity index (χ4v) is 5.21. The summed E-state index contributed by atoms with van der Waals surface area (Å²) in [6, 6.07) is 7.76. The lowest BCUT2D eigenvalue weighted by molar-refractivity contribution is -0.142. The number of carbonyl (C=O) groups is 4. The highest BCUT2D eigenvalue weighted by Crippen LogP contribution is 2.25. The zero-order valence-electron chi connectivity index (χ0n) is 22.7. The first-order valence-corrected chi connectivity index (χ1v) is 13.7. The first-order valence-electron chi connectivity index (χ1n) is 12.9. The quantitative estimate of drug-likeness (QED) is 0.467. The van der Waals surface area contributed by atoms with Crippen LogP contribution in [0.5, 0.6) is 0 Å². The standard InChI is InChI=1S/C27H38N4O6S/c1-17(2)14-19(28-23(33)22-15-18-8-6-7-9-21(18)38-22)24(34)30-10-12-31(13-11-30)25(35)20(16-32)29-26(36)37-27(3,4)5/h6-9,15,17,19-20,32H,10-14,16H2,1-5H3,(H,28,33)(H,29,36)/t19-,20-/m1/s1. The van der Waals surface area contributed by atoms with E-state index in [4.69, 9.17) is 4.74 Å². The van der Waals surface area contributed by atoms with Gasteiger partial charge in [-0.1, -0.05) is 32.0 Å². The second-order valence-electron chi connectivity index (χ2n) is 10.8. The van der Waals surface area contributed by atoms with Crippen molar-refractivity contribution in [1.82, 2.24) is 20.4 Å². The first kappa shape index (κ1) is 29.4. The van der Waals surface area contributed by atoms with Gasteiger partial charge in [0.25, 0.3) is 5.91 Å². The Bertz CT molecular complexity index is 1120. The molecule has 0 unspecified atom stereocenters. The van der Waals surface area contributed by atoms with Crippen molar-refractivity contribution in [3.63, 3.8) is 0 Å². The number of rotatable bonds is 8. The molecule has 2 atom stereocenters. The summed E-state index contributed by atoms with van der Waals surface area (Å²) in [5, 5.41) is 16.0. The minimum Gasteiger partial charge on any atom is -0.444 e. The summed E-state index contributed by atoms with van der Waals surface area (Å²) in [5.41, 5.74) is -0.738. The number of ether oxygens (including phenoxy) is 1.